The van der Waals surface area contributed by atoms with Crippen LogP contribution in [-0.4, -0.2) is 10.8 Å². The topological polar surface area (TPSA) is 30.0 Å². The zero-order valence-corrected chi connectivity index (χ0v) is 15.6. The third kappa shape index (κ3) is 4.48. The number of nitrogens with zero attached hydrogens (tertiary/aromatic N) is 1. The van der Waals surface area contributed by atoms with E-state index in [2.05, 4.69) is 41.7 Å². The lowest BCUT2D eigenvalue weighted by atomic mass is 9.86. The summed E-state index contributed by atoms with van der Waals surface area (Å²) in [4.78, 5) is 16.1. The highest BCUT2D eigenvalue weighted by atomic mass is 79.9. The second-order valence-electron chi connectivity index (χ2n) is 5.84. The van der Waals surface area contributed by atoms with Crippen LogP contribution in [-0.2, 0) is 5.41 Å². The van der Waals surface area contributed by atoms with Gasteiger partial charge in [-0.15, -0.1) is 17.0 Å². The molecule has 0 bridgehead atoms. The number of rotatable bonds is 3. The van der Waals surface area contributed by atoms with Crippen LogP contribution in [0.15, 0.2) is 48.8 Å². The lowest BCUT2D eigenvalue weighted by Crippen LogP contribution is -2.12. The molecular formula is C17H19Br2NO. The molecule has 2 nitrogen and oxygen atoms in total. The molecule has 2 rings (SSSR count). The number of hydrogen-bond donors (Lipinski definition) is 0. The van der Waals surface area contributed by atoms with Crippen molar-refractivity contribution in [3.05, 3.63) is 65.5 Å². The molecule has 1 aromatic heterocycles. The summed E-state index contributed by atoms with van der Waals surface area (Å²) in [6.45, 7) is 6.48. The summed E-state index contributed by atoms with van der Waals surface area (Å²) in [5, 5.41) is 0. The quantitative estimate of drug-likeness (QED) is 0.507. The van der Waals surface area contributed by atoms with Gasteiger partial charge < -0.3 is 0 Å². The first-order valence-corrected chi connectivity index (χ1v) is 7.50. The molecule has 1 unspecified atom stereocenters. The second-order valence-corrected chi connectivity index (χ2v) is 6.76. The van der Waals surface area contributed by atoms with E-state index in [1.165, 1.54) is 5.56 Å². The minimum Gasteiger partial charge on any atom is -0.293 e. The third-order valence-electron chi connectivity index (χ3n) is 3.24. The fourth-order valence-corrected chi connectivity index (χ4v) is 2.49. The standard InChI is InChI=1S/C17H18BrNO.BrH/c1-17(2,3)14-8-6-12(7-9-14)16(20)15(18)13-5-4-10-19-11-13;/h4-11,15H,1-3H3;1H. The first-order chi connectivity index (χ1) is 9.39. The van der Waals surface area contributed by atoms with Crippen molar-refractivity contribution in [2.45, 2.75) is 31.0 Å². The van der Waals surface area contributed by atoms with Crippen LogP contribution in [0.4, 0.5) is 0 Å². The summed E-state index contributed by atoms with van der Waals surface area (Å²) in [7, 11) is 0. The molecule has 112 valence electrons. The van der Waals surface area contributed by atoms with Gasteiger partial charge in [0, 0.05) is 18.0 Å². The zero-order chi connectivity index (χ0) is 14.8. The molecule has 0 saturated carbocycles. The van der Waals surface area contributed by atoms with Gasteiger partial charge in [0.15, 0.2) is 5.78 Å². The Labute approximate surface area is 144 Å². The van der Waals surface area contributed by atoms with Gasteiger partial charge in [-0.2, -0.15) is 0 Å². The van der Waals surface area contributed by atoms with Crippen molar-refractivity contribution in [2.75, 3.05) is 0 Å². The van der Waals surface area contributed by atoms with Crippen molar-refractivity contribution >= 4 is 38.7 Å². The number of carbonyl (C=O) groups excluding carboxylic acids is 1. The van der Waals surface area contributed by atoms with E-state index in [4.69, 9.17) is 0 Å². The van der Waals surface area contributed by atoms with Crippen molar-refractivity contribution in [2.24, 2.45) is 0 Å². The highest BCUT2D eigenvalue weighted by Crippen LogP contribution is 2.28. The average Bonchev–Trinajstić information content (AvgIpc) is 2.46. The van der Waals surface area contributed by atoms with E-state index in [0.717, 1.165) is 5.56 Å². The molecule has 0 aliphatic rings. The van der Waals surface area contributed by atoms with Crippen LogP contribution < -0.4 is 0 Å². The van der Waals surface area contributed by atoms with Gasteiger partial charge in [0.1, 0.15) is 4.83 Å². The highest BCUT2D eigenvalue weighted by molar-refractivity contribution is 9.09. The number of hydrogen-bond acceptors (Lipinski definition) is 2. The predicted octanol–water partition coefficient (Wildman–Crippen LogP) is 5.28. The highest BCUT2D eigenvalue weighted by Gasteiger charge is 2.20. The van der Waals surface area contributed by atoms with Crippen LogP contribution in [0.3, 0.4) is 0 Å². The van der Waals surface area contributed by atoms with E-state index in [1.807, 2.05) is 36.4 Å². The van der Waals surface area contributed by atoms with Gasteiger partial charge in [-0.3, -0.25) is 9.78 Å². The maximum absolute atomic E-state index is 12.4. The van der Waals surface area contributed by atoms with Crippen LogP contribution >= 0.6 is 32.9 Å². The predicted molar refractivity (Wildman–Crippen MR) is 95.7 cm³/mol. The van der Waals surface area contributed by atoms with Crippen molar-refractivity contribution in [3.8, 4) is 0 Å². The van der Waals surface area contributed by atoms with Crippen LogP contribution in [0.25, 0.3) is 0 Å². The van der Waals surface area contributed by atoms with Crippen molar-refractivity contribution < 1.29 is 4.79 Å². The van der Waals surface area contributed by atoms with Gasteiger partial charge in [-0.1, -0.05) is 67.0 Å². The van der Waals surface area contributed by atoms with E-state index >= 15 is 0 Å². The Kier molecular flexibility index (Phi) is 6.29. The molecule has 0 spiro atoms. The molecule has 1 heterocycles. The normalized spacial score (nSPS) is 12.4. The zero-order valence-electron chi connectivity index (χ0n) is 12.3. The molecule has 1 atom stereocenters. The number of Topliss-reactive ketones (excluding diaryl/α,β-unsaturated/α-hetero) is 1. The Morgan fingerprint density at radius 3 is 2.24 bits per heavy atom. The van der Waals surface area contributed by atoms with Gasteiger partial charge in [0.05, 0.1) is 0 Å². The first kappa shape index (κ1) is 18.1. The molecule has 1 aromatic carbocycles. The van der Waals surface area contributed by atoms with Crippen molar-refractivity contribution in [3.63, 3.8) is 0 Å². The van der Waals surface area contributed by atoms with E-state index in [9.17, 15) is 4.79 Å². The molecule has 4 heteroatoms. The van der Waals surface area contributed by atoms with Crippen LogP contribution in [0.1, 0.15) is 47.1 Å². The molecule has 0 N–H and O–H groups in total. The summed E-state index contributed by atoms with van der Waals surface area (Å²) in [5.41, 5.74) is 2.90. The Morgan fingerprint density at radius 1 is 1.14 bits per heavy atom. The lowest BCUT2D eigenvalue weighted by Gasteiger charge is -2.19. The van der Waals surface area contributed by atoms with E-state index in [1.54, 1.807) is 12.4 Å². The SMILES string of the molecule is Br.CC(C)(C)c1ccc(C(=O)C(Br)c2cccnc2)cc1. The first-order valence-electron chi connectivity index (χ1n) is 6.58. The number of pyridine rings is 1. The molecule has 21 heavy (non-hydrogen) atoms. The summed E-state index contributed by atoms with van der Waals surface area (Å²) >= 11 is 3.46. The fraction of sp³-hybridized carbons (Fsp3) is 0.294. The number of alkyl halides is 1. The number of carbonyl (C=O) groups is 1. The number of benzene rings is 1. The minimum atomic E-state index is -0.350. The largest absolute Gasteiger partial charge is 0.293 e. The van der Waals surface area contributed by atoms with Crippen LogP contribution in [0, 0.1) is 0 Å². The maximum atomic E-state index is 12.4. The maximum Gasteiger partial charge on any atom is 0.180 e. The summed E-state index contributed by atoms with van der Waals surface area (Å²) in [6.07, 6.45) is 3.41. The third-order valence-corrected chi connectivity index (χ3v) is 4.19. The smallest absolute Gasteiger partial charge is 0.180 e. The monoisotopic (exact) mass is 411 g/mol. The van der Waals surface area contributed by atoms with Gasteiger partial charge in [-0.05, 0) is 22.6 Å². The molecule has 0 aliphatic carbocycles. The van der Waals surface area contributed by atoms with Crippen LogP contribution in [0.5, 0.6) is 0 Å². The van der Waals surface area contributed by atoms with Crippen molar-refractivity contribution in [1.29, 1.82) is 0 Å². The fourth-order valence-electron chi connectivity index (χ4n) is 1.96. The van der Waals surface area contributed by atoms with Gasteiger partial charge >= 0.3 is 0 Å². The summed E-state index contributed by atoms with van der Waals surface area (Å²) in [5.74, 6) is 0.0541. The number of aromatic nitrogens is 1. The molecule has 2 aromatic rings. The average molecular weight is 413 g/mol. The Balaban J connectivity index is 0.00000220. The Hall–Kier alpha value is -1.00. The summed E-state index contributed by atoms with van der Waals surface area (Å²) in [6, 6.07) is 11.6. The number of ketones is 1. The summed E-state index contributed by atoms with van der Waals surface area (Å²) < 4.78 is 0. The molecule has 0 fully saturated rings. The minimum absolute atomic E-state index is 0. The second kappa shape index (κ2) is 7.32. The lowest BCUT2D eigenvalue weighted by molar-refractivity contribution is 0.0991. The molecule has 0 radical (unpaired) electrons. The molecule has 0 aliphatic heterocycles. The Bertz CT molecular complexity index is 588. The molecular weight excluding hydrogens is 394 g/mol. The van der Waals surface area contributed by atoms with E-state index < -0.39 is 0 Å². The molecule has 0 amide bonds. The van der Waals surface area contributed by atoms with E-state index in [-0.39, 0.29) is 33.0 Å². The van der Waals surface area contributed by atoms with Gasteiger partial charge in [-0.25, -0.2) is 0 Å². The Morgan fingerprint density at radius 2 is 1.76 bits per heavy atom. The van der Waals surface area contributed by atoms with Gasteiger partial charge in [0.2, 0.25) is 0 Å². The van der Waals surface area contributed by atoms with Crippen LogP contribution in [0.2, 0.25) is 0 Å². The van der Waals surface area contributed by atoms with E-state index in [0.29, 0.717) is 5.56 Å². The number of halogens is 2. The molecule has 0 saturated heterocycles. The van der Waals surface area contributed by atoms with Gasteiger partial charge in [0.25, 0.3) is 0 Å². The van der Waals surface area contributed by atoms with Crippen molar-refractivity contribution in [1.82, 2.24) is 4.98 Å².